The van der Waals surface area contributed by atoms with Gasteiger partial charge in [-0.15, -0.1) is 0 Å². The summed E-state index contributed by atoms with van der Waals surface area (Å²) < 4.78 is 80.9. The second-order valence-electron chi connectivity index (χ2n) is 5.10. The molecule has 0 aliphatic heterocycles. The fraction of sp³-hybridized carbons (Fsp3) is 0.167. The summed E-state index contributed by atoms with van der Waals surface area (Å²) in [4.78, 5) is 11.7. The van der Waals surface area contributed by atoms with E-state index in [0.29, 0.717) is 17.1 Å². The number of methoxy groups -OCH3 is 2. The van der Waals surface area contributed by atoms with Crippen molar-refractivity contribution in [1.29, 1.82) is 0 Å². The molecule has 2 rings (SSSR count). The minimum atomic E-state index is -2.29. The standard InChI is InChI=1S/C18H13F5O4/c1-25-10-4-5-12(26-2)9(7-10)3-6-13(24)27-8-11-14(19)16(21)18(23)17(22)15(11)20/h3-7H,8H2,1-2H3/b6-3+. The summed E-state index contributed by atoms with van der Waals surface area (Å²) in [5.41, 5.74) is -0.808. The van der Waals surface area contributed by atoms with Gasteiger partial charge in [0.05, 0.1) is 19.8 Å². The fourth-order valence-electron chi connectivity index (χ4n) is 2.10. The Morgan fingerprint density at radius 1 is 0.926 bits per heavy atom. The third-order valence-electron chi connectivity index (χ3n) is 3.50. The molecule has 0 bridgehead atoms. The molecule has 2 aromatic rings. The van der Waals surface area contributed by atoms with Gasteiger partial charge in [-0.25, -0.2) is 26.7 Å². The van der Waals surface area contributed by atoms with Crippen LogP contribution in [0.4, 0.5) is 22.0 Å². The first kappa shape index (κ1) is 20.2. The lowest BCUT2D eigenvalue weighted by molar-refractivity contribution is -0.139. The lowest BCUT2D eigenvalue weighted by Crippen LogP contribution is -2.10. The van der Waals surface area contributed by atoms with Gasteiger partial charge in [-0.1, -0.05) is 0 Å². The maximum absolute atomic E-state index is 13.5. The highest BCUT2D eigenvalue weighted by Gasteiger charge is 2.26. The summed E-state index contributed by atoms with van der Waals surface area (Å²) >= 11 is 0. The lowest BCUT2D eigenvalue weighted by atomic mass is 10.1. The Morgan fingerprint density at radius 2 is 1.52 bits per heavy atom. The second-order valence-corrected chi connectivity index (χ2v) is 5.10. The van der Waals surface area contributed by atoms with Crippen LogP contribution in [0, 0.1) is 29.1 Å². The second kappa shape index (κ2) is 8.52. The maximum atomic E-state index is 13.5. The molecule has 27 heavy (non-hydrogen) atoms. The highest BCUT2D eigenvalue weighted by Crippen LogP contribution is 2.26. The summed E-state index contributed by atoms with van der Waals surface area (Å²) in [6.45, 7) is -1.13. The average Bonchev–Trinajstić information content (AvgIpc) is 2.68. The Hall–Kier alpha value is -3.10. The van der Waals surface area contributed by atoms with Crippen molar-refractivity contribution in [3.8, 4) is 11.5 Å². The van der Waals surface area contributed by atoms with Crippen LogP contribution in [0.3, 0.4) is 0 Å². The van der Waals surface area contributed by atoms with Crippen LogP contribution in [0.15, 0.2) is 24.3 Å². The molecule has 2 aromatic carbocycles. The predicted octanol–water partition coefficient (Wildman–Crippen LogP) is 4.16. The summed E-state index contributed by atoms with van der Waals surface area (Å²) in [6.07, 6.45) is 2.19. The first-order valence-electron chi connectivity index (χ1n) is 7.37. The van der Waals surface area contributed by atoms with E-state index < -0.39 is 47.2 Å². The molecule has 9 heteroatoms. The monoisotopic (exact) mass is 388 g/mol. The molecule has 0 spiro atoms. The van der Waals surface area contributed by atoms with Gasteiger partial charge in [0, 0.05) is 11.6 Å². The van der Waals surface area contributed by atoms with Crippen LogP contribution in [0.25, 0.3) is 6.08 Å². The van der Waals surface area contributed by atoms with Crippen molar-refractivity contribution in [3.05, 3.63) is 64.5 Å². The van der Waals surface area contributed by atoms with Crippen molar-refractivity contribution in [3.63, 3.8) is 0 Å². The molecule has 0 fully saturated rings. The molecule has 0 saturated carbocycles. The van der Waals surface area contributed by atoms with Crippen LogP contribution in [-0.2, 0) is 16.1 Å². The number of rotatable bonds is 6. The summed E-state index contributed by atoms with van der Waals surface area (Å²) in [5, 5.41) is 0. The van der Waals surface area contributed by atoms with E-state index in [1.54, 1.807) is 18.2 Å². The summed E-state index contributed by atoms with van der Waals surface area (Å²) in [7, 11) is 2.84. The minimum absolute atomic E-state index is 0.402. The average molecular weight is 388 g/mol. The number of halogens is 5. The summed E-state index contributed by atoms with van der Waals surface area (Å²) in [5.74, 6) is -10.8. The van der Waals surface area contributed by atoms with E-state index in [1.165, 1.54) is 20.3 Å². The van der Waals surface area contributed by atoms with Crippen molar-refractivity contribution in [2.45, 2.75) is 6.61 Å². The molecule has 0 radical (unpaired) electrons. The van der Waals surface area contributed by atoms with Crippen molar-refractivity contribution < 1.29 is 41.0 Å². The van der Waals surface area contributed by atoms with E-state index in [0.717, 1.165) is 6.08 Å². The number of carbonyl (C=O) groups excluding carboxylic acids is 1. The highest BCUT2D eigenvalue weighted by atomic mass is 19.2. The van der Waals surface area contributed by atoms with E-state index in [-0.39, 0.29) is 0 Å². The Kier molecular flexibility index (Phi) is 6.38. The molecular formula is C18H13F5O4. The van der Waals surface area contributed by atoms with Gasteiger partial charge in [0.1, 0.15) is 18.1 Å². The van der Waals surface area contributed by atoms with E-state index in [9.17, 15) is 26.7 Å². The number of ether oxygens (including phenoxy) is 3. The van der Waals surface area contributed by atoms with Gasteiger partial charge in [-0.2, -0.15) is 0 Å². The van der Waals surface area contributed by atoms with Gasteiger partial charge in [0.2, 0.25) is 5.82 Å². The quantitative estimate of drug-likeness (QED) is 0.245. The predicted molar refractivity (Wildman–Crippen MR) is 84.6 cm³/mol. The normalized spacial score (nSPS) is 10.9. The largest absolute Gasteiger partial charge is 0.497 e. The number of benzene rings is 2. The third-order valence-corrected chi connectivity index (χ3v) is 3.50. The van der Waals surface area contributed by atoms with Gasteiger partial charge in [0.15, 0.2) is 23.3 Å². The first-order chi connectivity index (χ1) is 12.8. The zero-order chi connectivity index (χ0) is 20.1. The highest BCUT2D eigenvalue weighted by molar-refractivity contribution is 5.87. The molecular weight excluding hydrogens is 375 g/mol. The SMILES string of the molecule is COc1ccc(OC)c(/C=C/C(=O)OCc2c(F)c(F)c(F)c(F)c2F)c1. The molecule has 0 aromatic heterocycles. The third kappa shape index (κ3) is 4.36. The molecule has 0 N–H and O–H groups in total. The van der Waals surface area contributed by atoms with Crippen LogP contribution in [-0.4, -0.2) is 20.2 Å². The Labute approximate surface area is 150 Å². The van der Waals surface area contributed by atoms with Gasteiger partial charge in [0.25, 0.3) is 0 Å². The van der Waals surface area contributed by atoms with E-state index in [4.69, 9.17) is 9.47 Å². The molecule has 0 unspecified atom stereocenters. The first-order valence-corrected chi connectivity index (χ1v) is 7.37. The van der Waals surface area contributed by atoms with Gasteiger partial charge < -0.3 is 14.2 Å². The number of esters is 1. The van der Waals surface area contributed by atoms with E-state index in [1.807, 2.05) is 0 Å². The zero-order valence-electron chi connectivity index (χ0n) is 14.1. The molecule has 144 valence electrons. The number of carbonyl (C=O) groups is 1. The van der Waals surface area contributed by atoms with Crippen molar-refractivity contribution in [2.24, 2.45) is 0 Å². The maximum Gasteiger partial charge on any atom is 0.331 e. The summed E-state index contributed by atoms with van der Waals surface area (Å²) in [6, 6.07) is 4.75. The minimum Gasteiger partial charge on any atom is -0.497 e. The molecule has 0 saturated heterocycles. The Morgan fingerprint density at radius 3 is 2.07 bits per heavy atom. The molecule has 0 atom stereocenters. The Balaban J connectivity index is 2.15. The molecule has 0 heterocycles. The molecule has 0 aliphatic carbocycles. The fourth-order valence-corrected chi connectivity index (χ4v) is 2.10. The van der Waals surface area contributed by atoms with E-state index >= 15 is 0 Å². The van der Waals surface area contributed by atoms with Crippen LogP contribution in [0.5, 0.6) is 11.5 Å². The Bertz CT molecular complexity index is 867. The molecule has 0 aliphatic rings. The molecule has 4 nitrogen and oxygen atoms in total. The van der Waals surface area contributed by atoms with Crippen molar-refractivity contribution >= 4 is 12.0 Å². The van der Waals surface area contributed by atoms with E-state index in [2.05, 4.69) is 4.74 Å². The number of hydrogen-bond acceptors (Lipinski definition) is 4. The van der Waals surface area contributed by atoms with Gasteiger partial charge in [-0.05, 0) is 24.3 Å². The van der Waals surface area contributed by atoms with Crippen LogP contribution in [0.1, 0.15) is 11.1 Å². The van der Waals surface area contributed by atoms with Crippen LogP contribution >= 0.6 is 0 Å². The van der Waals surface area contributed by atoms with Crippen molar-refractivity contribution in [1.82, 2.24) is 0 Å². The zero-order valence-corrected chi connectivity index (χ0v) is 14.1. The molecule has 0 amide bonds. The topological polar surface area (TPSA) is 44.8 Å². The lowest BCUT2D eigenvalue weighted by Gasteiger charge is -2.08. The van der Waals surface area contributed by atoms with Crippen LogP contribution in [0.2, 0.25) is 0 Å². The van der Waals surface area contributed by atoms with Crippen molar-refractivity contribution in [2.75, 3.05) is 14.2 Å². The number of hydrogen-bond donors (Lipinski definition) is 0. The smallest absolute Gasteiger partial charge is 0.331 e. The van der Waals surface area contributed by atoms with Gasteiger partial charge >= 0.3 is 5.97 Å². The van der Waals surface area contributed by atoms with Crippen LogP contribution < -0.4 is 9.47 Å². The van der Waals surface area contributed by atoms with Gasteiger partial charge in [-0.3, -0.25) is 0 Å².